The van der Waals surface area contributed by atoms with Gasteiger partial charge in [-0.3, -0.25) is 9.20 Å². The van der Waals surface area contributed by atoms with Crippen molar-refractivity contribution in [2.75, 3.05) is 30.0 Å². The van der Waals surface area contributed by atoms with Gasteiger partial charge in [0.1, 0.15) is 11.2 Å². The first-order chi connectivity index (χ1) is 11.7. The fourth-order valence-electron chi connectivity index (χ4n) is 2.63. The number of imidazole rings is 1. The van der Waals surface area contributed by atoms with Crippen molar-refractivity contribution in [3.05, 3.63) is 47.5 Å². The van der Waals surface area contributed by atoms with Gasteiger partial charge >= 0.3 is 0 Å². The quantitative estimate of drug-likeness (QED) is 0.747. The number of carbonyl (C=O) groups is 1. The van der Waals surface area contributed by atoms with Crippen molar-refractivity contribution < 1.29 is 9.53 Å². The van der Waals surface area contributed by atoms with E-state index in [-0.39, 0.29) is 12.5 Å². The number of aromatic nitrogens is 3. The molecule has 2 aromatic heterocycles. The Bertz CT molecular complexity index is 893. The van der Waals surface area contributed by atoms with Gasteiger partial charge in [-0.2, -0.15) is 0 Å². The zero-order chi connectivity index (χ0) is 16.5. The average molecular weight is 388 g/mol. The fourth-order valence-corrected chi connectivity index (χ4v) is 3.02. The van der Waals surface area contributed by atoms with Gasteiger partial charge in [-0.15, -0.1) is 0 Å². The number of rotatable bonds is 3. The molecule has 0 bridgehead atoms. The topological polar surface area (TPSA) is 71.8 Å². The summed E-state index contributed by atoms with van der Waals surface area (Å²) in [5.41, 5.74) is 2.47. The molecular weight excluding hydrogens is 374 g/mol. The zero-order valence-corrected chi connectivity index (χ0v) is 14.2. The van der Waals surface area contributed by atoms with Gasteiger partial charge in [0.15, 0.2) is 11.5 Å². The molecule has 0 radical (unpaired) electrons. The van der Waals surface area contributed by atoms with E-state index in [9.17, 15) is 4.79 Å². The van der Waals surface area contributed by atoms with E-state index in [1.807, 2.05) is 34.9 Å². The number of amides is 1. The van der Waals surface area contributed by atoms with Crippen LogP contribution < -0.4 is 10.2 Å². The number of carbonyl (C=O) groups excluding carboxylic acids is 1. The minimum absolute atomic E-state index is 0.0179. The van der Waals surface area contributed by atoms with Crippen molar-refractivity contribution in [1.82, 2.24) is 14.4 Å². The number of benzene rings is 1. The lowest BCUT2D eigenvalue weighted by Crippen LogP contribution is -2.41. The maximum Gasteiger partial charge on any atom is 0.253 e. The molecule has 3 heterocycles. The van der Waals surface area contributed by atoms with Gasteiger partial charge in [-0.05, 0) is 40.2 Å². The zero-order valence-electron chi connectivity index (χ0n) is 12.6. The van der Waals surface area contributed by atoms with Crippen LogP contribution in [-0.2, 0) is 9.53 Å². The molecule has 0 unspecified atom stereocenters. The number of hydrogen-bond acceptors (Lipinski definition) is 5. The second-order valence-corrected chi connectivity index (χ2v) is 6.13. The summed E-state index contributed by atoms with van der Waals surface area (Å²) in [6, 6.07) is 7.66. The third-order valence-corrected chi connectivity index (χ3v) is 4.40. The van der Waals surface area contributed by atoms with Crippen molar-refractivity contribution in [3.63, 3.8) is 0 Å². The largest absolute Gasteiger partial charge is 0.370 e. The lowest BCUT2D eigenvalue weighted by molar-refractivity contribution is -0.125. The molecule has 1 saturated heterocycles. The lowest BCUT2D eigenvalue weighted by Gasteiger charge is -2.26. The molecule has 1 aromatic carbocycles. The van der Waals surface area contributed by atoms with Crippen LogP contribution in [0, 0.1) is 0 Å². The number of nitrogens with zero attached hydrogens (tertiary/aromatic N) is 4. The van der Waals surface area contributed by atoms with Gasteiger partial charge in [0.2, 0.25) is 0 Å². The molecule has 3 aromatic rings. The molecule has 4 rings (SSSR count). The van der Waals surface area contributed by atoms with Gasteiger partial charge in [-0.1, -0.05) is 0 Å². The Morgan fingerprint density at radius 1 is 1.21 bits per heavy atom. The highest BCUT2D eigenvalue weighted by atomic mass is 79.9. The molecule has 1 aliphatic rings. The number of fused-ring (bicyclic) bond motifs is 1. The highest BCUT2D eigenvalue weighted by Crippen LogP contribution is 2.24. The van der Waals surface area contributed by atoms with Gasteiger partial charge in [0.25, 0.3) is 5.91 Å². The van der Waals surface area contributed by atoms with Crippen LogP contribution in [0.25, 0.3) is 5.65 Å². The summed E-state index contributed by atoms with van der Waals surface area (Å²) in [4.78, 5) is 22.3. The second kappa shape index (κ2) is 6.21. The maximum atomic E-state index is 11.9. The number of morpholine rings is 1. The van der Waals surface area contributed by atoms with Crippen LogP contribution in [0.2, 0.25) is 0 Å². The van der Waals surface area contributed by atoms with Gasteiger partial charge in [0, 0.05) is 30.3 Å². The monoisotopic (exact) mass is 387 g/mol. The Labute approximate surface area is 146 Å². The van der Waals surface area contributed by atoms with E-state index in [1.165, 1.54) is 0 Å². The van der Waals surface area contributed by atoms with E-state index in [0.717, 1.165) is 21.6 Å². The molecule has 1 amide bonds. The Morgan fingerprint density at radius 2 is 2.04 bits per heavy atom. The minimum atomic E-state index is -0.0179. The number of halogens is 1. The van der Waals surface area contributed by atoms with Crippen molar-refractivity contribution in [3.8, 4) is 0 Å². The van der Waals surface area contributed by atoms with Crippen LogP contribution in [0.5, 0.6) is 0 Å². The van der Waals surface area contributed by atoms with Crippen LogP contribution >= 0.6 is 15.9 Å². The van der Waals surface area contributed by atoms with Crippen LogP contribution in [0.3, 0.4) is 0 Å². The Balaban J connectivity index is 1.58. The molecule has 8 heteroatoms. The summed E-state index contributed by atoms with van der Waals surface area (Å²) in [5, 5.41) is 3.26. The first-order valence-corrected chi connectivity index (χ1v) is 8.24. The van der Waals surface area contributed by atoms with E-state index < -0.39 is 0 Å². The molecule has 0 atom stereocenters. The number of nitrogens with one attached hydrogen (secondary N) is 1. The molecule has 0 aliphatic carbocycles. The van der Waals surface area contributed by atoms with E-state index in [4.69, 9.17) is 4.74 Å². The van der Waals surface area contributed by atoms with Crippen LogP contribution in [0.15, 0.2) is 47.5 Å². The third-order valence-electron chi connectivity index (χ3n) is 3.81. The summed E-state index contributed by atoms with van der Waals surface area (Å²) in [7, 11) is 0. The average Bonchev–Trinajstić information content (AvgIpc) is 3.10. The fraction of sp³-hybridized carbons (Fsp3) is 0.188. The lowest BCUT2D eigenvalue weighted by atomic mass is 10.2. The van der Waals surface area contributed by atoms with Crippen molar-refractivity contribution in [2.24, 2.45) is 0 Å². The molecule has 1 fully saturated rings. The summed E-state index contributed by atoms with van der Waals surface area (Å²) >= 11 is 3.44. The van der Waals surface area contributed by atoms with Crippen molar-refractivity contribution in [1.29, 1.82) is 0 Å². The van der Waals surface area contributed by atoms with Crippen molar-refractivity contribution in [2.45, 2.75) is 0 Å². The molecule has 122 valence electrons. The molecular formula is C16H14BrN5O2. The Kier molecular flexibility index (Phi) is 3.91. The predicted molar refractivity (Wildman–Crippen MR) is 93.6 cm³/mol. The highest BCUT2D eigenvalue weighted by Gasteiger charge is 2.19. The second-order valence-electron chi connectivity index (χ2n) is 5.32. The standard InChI is InChI=1S/C16H14BrN5O2/c17-13-9-19-15(16-18-5-6-22(13)16)20-11-1-3-12(4-2-11)21-7-8-24-10-14(21)23/h1-6,9H,7-8,10H2,(H,19,20). The maximum absolute atomic E-state index is 11.9. The van der Waals surface area contributed by atoms with Crippen LogP contribution in [0.1, 0.15) is 0 Å². The number of hydrogen-bond donors (Lipinski definition) is 1. The van der Waals surface area contributed by atoms with E-state index in [1.54, 1.807) is 17.3 Å². The van der Waals surface area contributed by atoms with Gasteiger partial charge in [-0.25, -0.2) is 9.97 Å². The van der Waals surface area contributed by atoms with Crippen LogP contribution in [-0.4, -0.2) is 40.0 Å². The van der Waals surface area contributed by atoms with E-state index in [2.05, 4.69) is 31.2 Å². The highest BCUT2D eigenvalue weighted by molar-refractivity contribution is 9.10. The molecule has 7 nitrogen and oxygen atoms in total. The smallest absolute Gasteiger partial charge is 0.253 e. The van der Waals surface area contributed by atoms with E-state index >= 15 is 0 Å². The SMILES string of the molecule is O=C1COCCN1c1ccc(Nc2ncc(Br)n3ccnc23)cc1. The number of ether oxygens (including phenoxy) is 1. The van der Waals surface area contributed by atoms with Gasteiger partial charge < -0.3 is 15.0 Å². The first kappa shape index (κ1) is 15.1. The summed E-state index contributed by atoms with van der Waals surface area (Å²) < 4.78 is 7.89. The third kappa shape index (κ3) is 2.74. The summed E-state index contributed by atoms with van der Waals surface area (Å²) in [6.45, 7) is 1.28. The Morgan fingerprint density at radius 3 is 2.83 bits per heavy atom. The predicted octanol–water partition coefficient (Wildman–Crippen LogP) is 2.60. The molecule has 0 spiro atoms. The normalized spacial score (nSPS) is 15.0. The molecule has 24 heavy (non-hydrogen) atoms. The first-order valence-electron chi connectivity index (χ1n) is 7.45. The molecule has 0 saturated carbocycles. The van der Waals surface area contributed by atoms with Crippen molar-refractivity contribution >= 4 is 44.7 Å². The summed E-state index contributed by atoms with van der Waals surface area (Å²) in [5.74, 6) is 0.647. The summed E-state index contributed by atoms with van der Waals surface area (Å²) in [6.07, 6.45) is 5.30. The molecule has 1 aliphatic heterocycles. The number of anilines is 3. The minimum Gasteiger partial charge on any atom is -0.370 e. The van der Waals surface area contributed by atoms with Gasteiger partial charge in [0.05, 0.1) is 12.8 Å². The van der Waals surface area contributed by atoms with Crippen LogP contribution in [0.4, 0.5) is 17.2 Å². The van der Waals surface area contributed by atoms with E-state index in [0.29, 0.717) is 19.0 Å². The molecule has 1 N–H and O–H groups in total. The Hall–Kier alpha value is -2.45.